The molecule has 2 aliphatic heterocycles. The van der Waals surface area contributed by atoms with Gasteiger partial charge in [-0.05, 0) is 69.8 Å². The second-order valence-electron chi connectivity index (χ2n) is 6.44. The van der Waals surface area contributed by atoms with Crippen LogP contribution in [0.25, 0.3) is 0 Å². The summed E-state index contributed by atoms with van der Waals surface area (Å²) in [4.78, 5) is 9.72. The number of anilines is 1. The van der Waals surface area contributed by atoms with Gasteiger partial charge in [-0.15, -0.1) is 0 Å². The van der Waals surface area contributed by atoms with E-state index < -0.39 is 0 Å². The van der Waals surface area contributed by atoms with Crippen LogP contribution in [0, 0.1) is 6.92 Å². The highest BCUT2D eigenvalue weighted by atomic mass is 15.2. The molecule has 1 atom stereocenters. The molecule has 2 saturated heterocycles. The van der Waals surface area contributed by atoms with Crippen molar-refractivity contribution in [1.29, 1.82) is 0 Å². The summed E-state index contributed by atoms with van der Waals surface area (Å²) in [6, 6.07) is 2.88. The summed E-state index contributed by atoms with van der Waals surface area (Å²) >= 11 is 0. The van der Waals surface area contributed by atoms with Gasteiger partial charge in [0.1, 0.15) is 5.82 Å². The quantitative estimate of drug-likeness (QED) is 0.821. The SMILES string of the molecule is Cc1cc(N2CCCCC2)ncc1[C@H]1CCCCN1C. The molecule has 110 valence electrons. The third-order valence-corrected chi connectivity index (χ3v) is 4.95. The molecule has 0 aliphatic carbocycles. The Labute approximate surface area is 123 Å². The van der Waals surface area contributed by atoms with Crippen LogP contribution < -0.4 is 4.90 Å². The van der Waals surface area contributed by atoms with Crippen molar-refractivity contribution in [3.63, 3.8) is 0 Å². The molecule has 1 aromatic heterocycles. The van der Waals surface area contributed by atoms with E-state index in [1.54, 1.807) is 0 Å². The number of aryl methyl sites for hydroxylation is 1. The largest absolute Gasteiger partial charge is 0.357 e. The van der Waals surface area contributed by atoms with E-state index in [-0.39, 0.29) is 0 Å². The standard InChI is InChI=1S/C17H27N3/c1-14-12-17(20-10-5-3-6-11-20)18-13-15(14)16-8-4-7-9-19(16)2/h12-13,16H,3-11H2,1-2H3/t16-/m1/s1. The van der Waals surface area contributed by atoms with Crippen molar-refractivity contribution in [2.24, 2.45) is 0 Å². The van der Waals surface area contributed by atoms with E-state index in [1.165, 1.54) is 75.1 Å². The minimum Gasteiger partial charge on any atom is -0.357 e. The van der Waals surface area contributed by atoms with Gasteiger partial charge in [0.25, 0.3) is 0 Å². The van der Waals surface area contributed by atoms with Crippen molar-refractivity contribution in [2.75, 3.05) is 31.6 Å². The molecule has 0 bridgehead atoms. The summed E-state index contributed by atoms with van der Waals surface area (Å²) in [5, 5.41) is 0. The van der Waals surface area contributed by atoms with Gasteiger partial charge in [-0.2, -0.15) is 0 Å². The van der Waals surface area contributed by atoms with Crippen LogP contribution in [0.4, 0.5) is 5.82 Å². The molecule has 0 saturated carbocycles. The molecule has 3 rings (SSSR count). The van der Waals surface area contributed by atoms with E-state index in [1.807, 2.05) is 0 Å². The van der Waals surface area contributed by atoms with E-state index in [2.05, 4.69) is 36.0 Å². The zero-order valence-corrected chi connectivity index (χ0v) is 12.9. The number of nitrogens with zero attached hydrogens (tertiary/aromatic N) is 3. The first kappa shape index (κ1) is 13.9. The Balaban J connectivity index is 1.79. The predicted octanol–water partition coefficient (Wildman–Crippen LogP) is 3.54. The molecule has 0 amide bonds. The van der Waals surface area contributed by atoms with Gasteiger partial charge < -0.3 is 4.90 Å². The molecule has 0 spiro atoms. The molecule has 0 aromatic carbocycles. The first-order valence-electron chi connectivity index (χ1n) is 8.17. The monoisotopic (exact) mass is 273 g/mol. The Morgan fingerprint density at radius 3 is 2.50 bits per heavy atom. The molecule has 3 nitrogen and oxygen atoms in total. The van der Waals surface area contributed by atoms with Gasteiger partial charge in [0.15, 0.2) is 0 Å². The number of likely N-dealkylation sites (tertiary alicyclic amines) is 1. The van der Waals surface area contributed by atoms with E-state index in [0.29, 0.717) is 6.04 Å². The molecule has 2 aliphatic rings. The summed E-state index contributed by atoms with van der Waals surface area (Å²) in [5.74, 6) is 1.18. The van der Waals surface area contributed by atoms with Crippen LogP contribution in [-0.4, -0.2) is 36.6 Å². The number of hydrogen-bond acceptors (Lipinski definition) is 3. The zero-order valence-electron chi connectivity index (χ0n) is 12.9. The Morgan fingerprint density at radius 1 is 1.05 bits per heavy atom. The summed E-state index contributed by atoms with van der Waals surface area (Å²) in [6.07, 6.45) is 10.1. The van der Waals surface area contributed by atoms with Crippen LogP contribution in [0.2, 0.25) is 0 Å². The predicted molar refractivity (Wildman–Crippen MR) is 84.3 cm³/mol. The van der Waals surface area contributed by atoms with Gasteiger partial charge in [0.05, 0.1) is 0 Å². The summed E-state index contributed by atoms with van der Waals surface area (Å²) < 4.78 is 0. The molecular weight excluding hydrogens is 246 g/mol. The van der Waals surface area contributed by atoms with E-state index in [9.17, 15) is 0 Å². The lowest BCUT2D eigenvalue weighted by Crippen LogP contribution is -2.31. The van der Waals surface area contributed by atoms with Crippen molar-refractivity contribution in [3.8, 4) is 0 Å². The maximum Gasteiger partial charge on any atom is 0.128 e. The fourth-order valence-electron chi connectivity index (χ4n) is 3.66. The van der Waals surface area contributed by atoms with Gasteiger partial charge in [-0.1, -0.05) is 6.42 Å². The smallest absolute Gasteiger partial charge is 0.128 e. The van der Waals surface area contributed by atoms with Crippen LogP contribution in [0.3, 0.4) is 0 Å². The second kappa shape index (κ2) is 6.13. The molecular formula is C17H27N3. The van der Waals surface area contributed by atoms with Crippen LogP contribution in [0.1, 0.15) is 55.7 Å². The first-order valence-corrected chi connectivity index (χ1v) is 8.17. The van der Waals surface area contributed by atoms with E-state index in [0.717, 1.165) is 0 Å². The summed E-state index contributed by atoms with van der Waals surface area (Å²) in [7, 11) is 2.25. The lowest BCUT2D eigenvalue weighted by Gasteiger charge is -2.34. The van der Waals surface area contributed by atoms with Crippen LogP contribution in [0.15, 0.2) is 12.3 Å². The Hall–Kier alpha value is -1.09. The fraction of sp³-hybridized carbons (Fsp3) is 0.706. The van der Waals surface area contributed by atoms with Gasteiger partial charge in [-0.3, -0.25) is 4.90 Å². The lowest BCUT2D eigenvalue weighted by atomic mass is 9.94. The highest BCUT2D eigenvalue weighted by molar-refractivity contribution is 5.44. The summed E-state index contributed by atoms with van der Waals surface area (Å²) in [6.45, 7) is 5.83. The van der Waals surface area contributed by atoms with Crippen molar-refractivity contribution in [2.45, 2.75) is 51.5 Å². The minimum atomic E-state index is 0.576. The van der Waals surface area contributed by atoms with E-state index in [4.69, 9.17) is 4.98 Å². The number of piperidine rings is 2. The molecule has 0 radical (unpaired) electrons. The van der Waals surface area contributed by atoms with Crippen molar-refractivity contribution in [1.82, 2.24) is 9.88 Å². The molecule has 3 heteroatoms. The Morgan fingerprint density at radius 2 is 1.80 bits per heavy atom. The van der Waals surface area contributed by atoms with Gasteiger partial charge >= 0.3 is 0 Å². The summed E-state index contributed by atoms with van der Waals surface area (Å²) in [5.41, 5.74) is 2.85. The third-order valence-electron chi connectivity index (χ3n) is 4.95. The highest BCUT2D eigenvalue weighted by Crippen LogP contribution is 2.32. The number of pyridine rings is 1. The maximum absolute atomic E-state index is 4.77. The van der Waals surface area contributed by atoms with Crippen LogP contribution in [-0.2, 0) is 0 Å². The molecule has 0 N–H and O–H groups in total. The number of rotatable bonds is 2. The Kier molecular flexibility index (Phi) is 4.25. The molecule has 2 fully saturated rings. The van der Waals surface area contributed by atoms with Crippen LogP contribution in [0.5, 0.6) is 0 Å². The van der Waals surface area contributed by atoms with Gasteiger partial charge in [-0.25, -0.2) is 4.98 Å². The third kappa shape index (κ3) is 2.83. The topological polar surface area (TPSA) is 19.4 Å². The normalized spacial score (nSPS) is 24.9. The second-order valence-corrected chi connectivity index (χ2v) is 6.44. The minimum absolute atomic E-state index is 0.576. The van der Waals surface area contributed by atoms with Crippen molar-refractivity contribution in [3.05, 3.63) is 23.4 Å². The maximum atomic E-state index is 4.77. The molecule has 1 aromatic rings. The van der Waals surface area contributed by atoms with Gasteiger partial charge in [0, 0.05) is 25.3 Å². The number of hydrogen-bond donors (Lipinski definition) is 0. The highest BCUT2D eigenvalue weighted by Gasteiger charge is 2.23. The van der Waals surface area contributed by atoms with Crippen molar-refractivity contribution < 1.29 is 0 Å². The molecule has 0 unspecified atom stereocenters. The van der Waals surface area contributed by atoms with Gasteiger partial charge in [0.2, 0.25) is 0 Å². The zero-order chi connectivity index (χ0) is 13.9. The van der Waals surface area contributed by atoms with Crippen molar-refractivity contribution >= 4 is 5.82 Å². The number of aromatic nitrogens is 1. The van der Waals surface area contributed by atoms with E-state index >= 15 is 0 Å². The lowest BCUT2D eigenvalue weighted by molar-refractivity contribution is 0.186. The van der Waals surface area contributed by atoms with Crippen LogP contribution >= 0.6 is 0 Å². The Bertz CT molecular complexity index is 452. The molecule has 20 heavy (non-hydrogen) atoms. The average molecular weight is 273 g/mol. The first-order chi connectivity index (χ1) is 9.75. The molecule has 3 heterocycles. The average Bonchev–Trinajstić information content (AvgIpc) is 2.49. The fourth-order valence-corrected chi connectivity index (χ4v) is 3.66.